The predicted octanol–water partition coefficient (Wildman–Crippen LogP) is 4.26. The van der Waals surface area contributed by atoms with E-state index in [4.69, 9.17) is 4.74 Å². The number of esters is 1. The van der Waals surface area contributed by atoms with E-state index >= 15 is 0 Å². The summed E-state index contributed by atoms with van der Waals surface area (Å²) in [5.74, 6) is -0.334. The van der Waals surface area contributed by atoms with Crippen LogP contribution in [0.3, 0.4) is 0 Å². The second kappa shape index (κ2) is 6.87. The van der Waals surface area contributed by atoms with Crippen LogP contribution in [0.2, 0.25) is 0 Å². The zero-order valence-corrected chi connectivity index (χ0v) is 18.2. The van der Waals surface area contributed by atoms with Gasteiger partial charge < -0.3 is 4.74 Å². The highest BCUT2D eigenvalue weighted by Gasteiger charge is 2.61. The summed E-state index contributed by atoms with van der Waals surface area (Å²) in [5, 5.41) is 0. The maximum Gasteiger partial charge on any atom is 0.318 e. The molecule has 2 aliphatic carbocycles. The van der Waals surface area contributed by atoms with Crippen LogP contribution in [0.5, 0.6) is 0 Å². The minimum Gasteiger partial charge on any atom is -0.468 e. The summed E-state index contributed by atoms with van der Waals surface area (Å²) in [6.07, 6.45) is 6.24. The van der Waals surface area contributed by atoms with Gasteiger partial charge in [0.05, 0.1) is 18.0 Å². The maximum atomic E-state index is 13.8. The van der Waals surface area contributed by atoms with E-state index in [0.29, 0.717) is 25.7 Å². The van der Waals surface area contributed by atoms with Crippen molar-refractivity contribution in [2.75, 3.05) is 7.11 Å². The van der Waals surface area contributed by atoms with Crippen molar-refractivity contribution in [1.82, 2.24) is 4.31 Å². The van der Waals surface area contributed by atoms with Crippen LogP contribution in [0.1, 0.15) is 45.1 Å². The molecule has 4 rings (SSSR count). The first-order valence-electron chi connectivity index (χ1n) is 9.95. The van der Waals surface area contributed by atoms with Gasteiger partial charge >= 0.3 is 5.97 Å². The number of methoxy groups -OCH3 is 1. The van der Waals surface area contributed by atoms with Gasteiger partial charge in [-0.15, -0.1) is 0 Å². The molecule has 1 aliphatic heterocycles. The first-order chi connectivity index (χ1) is 13.7. The quantitative estimate of drug-likeness (QED) is 0.549. The number of carbonyl (C=O) groups is 1. The molecule has 0 amide bonds. The number of rotatable bonds is 3. The van der Waals surface area contributed by atoms with Crippen molar-refractivity contribution in [3.8, 4) is 0 Å². The Morgan fingerprint density at radius 1 is 1.10 bits per heavy atom. The Labute approximate surface area is 172 Å². The van der Waals surface area contributed by atoms with Crippen LogP contribution in [0, 0.1) is 12.3 Å². The zero-order chi connectivity index (χ0) is 21.0. The Morgan fingerprint density at radius 3 is 2.45 bits per heavy atom. The topological polar surface area (TPSA) is 63.7 Å². The summed E-state index contributed by atoms with van der Waals surface area (Å²) in [6.45, 7) is 5.97. The van der Waals surface area contributed by atoms with Crippen LogP contribution in [-0.2, 0) is 19.6 Å². The molecule has 0 bridgehead atoms. The molecule has 0 aromatic heterocycles. The molecule has 0 saturated carbocycles. The van der Waals surface area contributed by atoms with E-state index in [1.165, 1.54) is 11.4 Å². The molecule has 1 aromatic carbocycles. The molecule has 2 unspecified atom stereocenters. The van der Waals surface area contributed by atoms with Crippen molar-refractivity contribution < 1.29 is 17.9 Å². The fraction of sp³-hybridized carbons (Fsp3) is 0.435. The SMILES string of the molecule is COC(=O)C12CC(C)=CCC1N(S(=O)(=O)c1ccc(C)cc1)C1=C2CC(C)=CC1. The molecule has 154 valence electrons. The third-order valence-corrected chi connectivity index (χ3v) is 8.34. The van der Waals surface area contributed by atoms with Crippen molar-refractivity contribution in [3.63, 3.8) is 0 Å². The van der Waals surface area contributed by atoms with Gasteiger partial charge in [-0.3, -0.25) is 9.10 Å². The molecule has 0 saturated heterocycles. The van der Waals surface area contributed by atoms with E-state index in [9.17, 15) is 13.2 Å². The molecule has 1 heterocycles. The number of hydrogen-bond acceptors (Lipinski definition) is 4. The van der Waals surface area contributed by atoms with Crippen molar-refractivity contribution in [1.29, 1.82) is 0 Å². The number of allylic oxidation sites excluding steroid dienone is 3. The number of benzene rings is 1. The Morgan fingerprint density at radius 2 is 1.79 bits per heavy atom. The predicted molar refractivity (Wildman–Crippen MR) is 111 cm³/mol. The largest absolute Gasteiger partial charge is 0.468 e. The van der Waals surface area contributed by atoms with Crippen LogP contribution in [0.15, 0.2) is 63.7 Å². The van der Waals surface area contributed by atoms with Gasteiger partial charge in [0.1, 0.15) is 5.41 Å². The van der Waals surface area contributed by atoms with Gasteiger partial charge in [0.25, 0.3) is 10.0 Å². The van der Waals surface area contributed by atoms with Gasteiger partial charge in [-0.25, -0.2) is 8.42 Å². The van der Waals surface area contributed by atoms with E-state index in [1.54, 1.807) is 12.1 Å². The highest BCUT2D eigenvalue weighted by atomic mass is 32.2. The summed E-state index contributed by atoms with van der Waals surface area (Å²) < 4.78 is 34.3. The monoisotopic (exact) mass is 413 g/mol. The third-order valence-electron chi connectivity index (χ3n) is 6.48. The van der Waals surface area contributed by atoms with Gasteiger partial charge in [-0.05, 0) is 57.7 Å². The number of ether oxygens (including phenoxy) is 1. The second-order valence-electron chi connectivity index (χ2n) is 8.41. The first kappa shape index (κ1) is 20.0. The summed E-state index contributed by atoms with van der Waals surface area (Å²) in [4.78, 5) is 13.5. The van der Waals surface area contributed by atoms with Crippen molar-refractivity contribution in [2.45, 2.75) is 57.4 Å². The number of hydrogen-bond donors (Lipinski definition) is 0. The summed E-state index contributed by atoms with van der Waals surface area (Å²) in [6, 6.07) is 6.42. The maximum absolute atomic E-state index is 13.8. The normalized spacial score (nSPS) is 26.5. The second-order valence-corrected chi connectivity index (χ2v) is 10.2. The lowest BCUT2D eigenvalue weighted by Gasteiger charge is -2.41. The molecule has 6 heteroatoms. The van der Waals surface area contributed by atoms with Gasteiger partial charge in [-0.1, -0.05) is 41.0 Å². The standard InChI is InChI=1S/C23H27NO4S/c1-15-5-9-18(10-6-15)29(26,27)24-20-11-7-16(2)13-19(20)23(22(25)28-4)14-17(3)8-12-21(23)24/h5-10,21H,11-14H2,1-4H3. The molecule has 0 fully saturated rings. The van der Waals surface area contributed by atoms with E-state index in [-0.39, 0.29) is 10.9 Å². The Balaban J connectivity index is 1.93. The number of carbonyl (C=O) groups excluding carboxylic acids is 1. The number of nitrogens with zero attached hydrogens (tertiary/aromatic N) is 1. The fourth-order valence-electron chi connectivity index (χ4n) is 5.07. The molecular formula is C23H27NO4S. The highest BCUT2D eigenvalue weighted by Crippen LogP contribution is 2.57. The van der Waals surface area contributed by atoms with Gasteiger partial charge in [0, 0.05) is 12.1 Å². The van der Waals surface area contributed by atoms with Crippen LogP contribution in [-0.4, -0.2) is 31.8 Å². The smallest absolute Gasteiger partial charge is 0.318 e. The summed E-state index contributed by atoms with van der Waals surface area (Å²) in [7, 11) is -2.41. The number of fused-ring (bicyclic) bond motifs is 2. The lowest BCUT2D eigenvalue weighted by molar-refractivity contribution is -0.152. The molecule has 1 aromatic rings. The van der Waals surface area contributed by atoms with Crippen LogP contribution >= 0.6 is 0 Å². The minimum absolute atomic E-state index is 0.258. The molecule has 2 atom stereocenters. The molecule has 3 aliphatic rings. The van der Waals surface area contributed by atoms with Gasteiger partial charge in [-0.2, -0.15) is 0 Å². The lowest BCUT2D eigenvalue weighted by Crippen LogP contribution is -2.50. The van der Waals surface area contributed by atoms with Crippen molar-refractivity contribution >= 4 is 16.0 Å². The molecule has 0 N–H and O–H groups in total. The highest BCUT2D eigenvalue weighted by molar-refractivity contribution is 7.89. The number of sulfonamides is 1. The van der Waals surface area contributed by atoms with Crippen molar-refractivity contribution in [3.05, 3.63) is 64.4 Å². The lowest BCUT2D eigenvalue weighted by atomic mass is 9.65. The molecular weight excluding hydrogens is 386 g/mol. The van der Waals surface area contributed by atoms with E-state index in [0.717, 1.165) is 28.0 Å². The summed E-state index contributed by atoms with van der Waals surface area (Å²) >= 11 is 0. The minimum atomic E-state index is -3.80. The molecule has 0 radical (unpaired) electrons. The number of aryl methyl sites for hydroxylation is 1. The van der Waals surface area contributed by atoms with Crippen LogP contribution < -0.4 is 0 Å². The molecule has 29 heavy (non-hydrogen) atoms. The third kappa shape index (κ3) is 2.88. The first-order valence-corrected chi connectivity index (χ1v) is 11.4. The van der Waals surface area contributed by atoms with E-state index < -0.39 is 21.5 Å². The van der Waals surface area contributed by atoms with Crippen LogP contribution in [0.4, 0.5) is 0 Å². The van der Waals surface area contributed by atoms with E-state index in [1.807, 2.05) is 32.9 Å². The molecule has 5 nitrogen and oxygen atoms in total. The van der Waals surface area contributed by atoms with Crippen LogP contribution in [0.25, 0.3) is 0 Å². The fourth-order valence-corrected chi connectivity index (χ4v) is 6.85. The van der Waals surface area contributed by atoms with E-state index in [2.05, 4.69) is 12.2 Å². The average Bonchev–Trinajstić information content (AvgIpc) is 2.98. The van der Waals surface area contributed by atoms with Gasteiger partial charge in [0.2, 0.25) is 0 Å². The molecule has 0 spiro atoms. The summed E-state index contributed by atoms with van der Waals surface area (Å²) in [5.41, 5.74) is 3.97. The van der Waals surface area contributed by atoms with Gasteiger partial charge in [0.15, 0.2) is 0 Å². The Kier molecular flexibility index (Phi) is 4.73. The zero-order valence-electron chi connectivity index (χ0n) is 17.4. The average molecular weight is 414 g/mol. The Bertz CT molecular complexity index is 1060. The Hall–Kier alpha value is -2.34. The van der Waals surface area contributed by atoms with Crippen molar-refractivity contribution in [2.24, 2.45) is 5.41 Å².